The van der Waals surface area contributed by atoms with Gasteiger partial charge in [0.1, 0.15) is 17.3 Å². The molecule has 0 spiro atoms. The predicted molar refractivity (Wildman–Crippen MR) is 116 cm³/mol. The van der Waals surface area contributed by atoms with Crippen LogP contribution >= 0.6 is 11.8 Å². The van der Waals surface area contributed by atoms with Crippen molar-refractivity contribution in [2.75, 3.05) is 13.2 Å². The van der Waals surface area contributed by atoms with Gasteiger partial charge in [0.2, 0.25) is 0 Å². The van der Waals surface area contributed by atoms with Crippen molar-refractivity contribution < 1.29 is 27.1 Å². The van der Waals surface area contributed by atoms with Crippen molar-refractivity contribution in [1.82, 2.24) is 15.3 Å². The van der Waals surface area contributed by atoms with Gasteiger partial charge in [-0.3, -0.25) is 9.97 Å². The van der Waals surface area contributed by atoms with Gasteiger partial charge in [0.05, 0.1) is 23.2 Å². The lowest BCUT2D eigenvalue weighted by Crippen LogP contribution is -2.17. The van der Waals surface area contributed by atoms with Crippen molar-refractivity contribution in [3.05, 3.63) is 95.1 Å². The third-order valence-corrected chi connectivity index (χ3v) is 5.97. The normalized spacial score (nSPS) is 12.5. The zero-order valence-corrected chi connectivity index (χ0v) is 18.3. The van der Waals surface area contributed by atoms with Gasteiger partial charge in [-0.2, -0.15) is 13.2 Å². The summed E-state index contributed by atoms with van der Waals surface area (Å²) in [7, 11) is 0. The topological polar surface area (TPSA) is 58.0 Å². The highest BCUT2D eigenvalue weighted by Gasteiger charge is 2.32. The van der Waals surface area contributed by atoms with E-state index in [1.165, 1.54) is 12.3 Å². The van der Waals surface area contributed by atoms with Crippen LogP contribution in [0.25, 0.3) is 5.70 Å². The average Bonchev–Trinajstić information content (AvgIpc) is 2.77. The number of benzene rings is 1. The molecule has 10 heteroatoms. The number of aliphatic hydroxyl groups is 1. The molecule has 0 aliphatic carbocycles. The van der Waals surface area contributed by atoms with Crippen molar-refractivity contribution in [2.45, 2.75) is 23.2 Å². The minimum absolute atomic E-state index is 0.0229. The number of pyridine rings is 2. The van der Waals surface area contributed by atoms with Crippen LogP contribution < -0.4 is 5.32 Å². The molecule has 0 saturated heterocycles. The number of nitrogens with zero attached hydrogens (tertiary/aromatic N) is 2. The van der Waals surface area contributed by atoms with Gasteiger partial charge < -0.3 is 10.4 Å². The van der Waals surface area contributed by atoms with Crippen LogP contribution in [-0.4, -0.2) is 28.2 Å². The molecule has 0 aliphatic rings. The molecule has 0 aliphatic heterocycles. The van der Waals surface area contributed by atoms with Crippen molar-refractivity contribution in [2.24, 2.45) is 0 Å². The Bertz CT molecular complexity index is 1140. The number of aromatic nitrogens is 2. The van der Waals surface area contributed by atoms with Crippen LogP contribution in [0, 0.1) is 18.6 Å². The highest BCUT2D eigenvalue weighted by atomic mass is 32.2. The Morgan fingerprint density at radius 3 is 2.45 bits per heavy atom. The molecule has 3 aromatic rings. The molecule has 0 fully saturated rings. The molecule has 0 bridgehead atoms. The maximum atomic E-state index is 14.7. The summed E-state index contributed by atoms with van der Waals surface area (Å²) in [6.45, 7) is 5.82. The van der Waals surface area contributed by atoms with E-state index in [1.807, 2.05) is 0 Å². The van der Waals surface area contributed by atoms with E-state index in [9.17, 15) is 22.0 Å². The lowest BCUT2D eigenvalue weighted by molar-refractivity contribution is -0.141. The molecular formula is C23H20F5N3OS. The van der Waals surface area contributed by atoms with Gasteiger partial charge in [0.25, 0.3) is 0 Å². The van der Waals surface area contributed by atoms with E-state index >= 15 is 0 Å². The lowest BCUT2D eigenvalue weighted by atomic mass is 10.0. The molecule has 0 amide bonds. The number of aliphatic hydroxyl groups excluding tert-OH is 1. The van der Waals surface area contributed by atoms with Crippen molar-refractivity contribution in [3.8, 4) is 0 Å². The van der Waals surface area contributed by atoms with Gasteiger partial charge >= 0.3 is 6.18 Å². The summed E-state index contributed by atoms with van der Waals surface area (Å²) in [6, 6.07) is 6.83. The molecule has 1 aromatic carbocycles. The van der Waals surface area contributed by atoms with E-state index in [4.69, 9.17) is 5.11 Å². The Morgan fingerprint density at radius 1 is 1.09 bits per heavy atom. The smallest absolute Gasteiger partial charge is 0.395 e. The molecule has 2 heterocycles. The second-order valence-corrected chi connectivity index (χ2v) is 8.27. The second-order valence-electron chi connectivity index (χ2n) is 7.10. The zero-order valence-electron chi connectivity index (χ0n) is 17.5. The van der Waals surface area contributed by atoms with Gasteiger partial charge in [-0.15, -0.1) is 11.8 Å². The van der Waals surface area contributed by atoms with Crippen LogP contribution in [0.4, 0.5) is 22.0 Å². The monoisotopic (exact) mass is 481 g/mol. The van der Waals surface area contributed by atoms with E-state index in [-0.39, 0.29) is 18.7 Å². The molecule has 1 atom stereocenters. The average molecular weight is 481 g/mol. The molecule has 0 saturated carbocycles. The molecule has 2 aromatic heterocycles. The first-order valence-electron chi connectivity index (χ1n) is 9.75. The van der Waals surface area contributed by atoms with Crippen LogP contribution in [0.1, 0.15) is 33.3 Å². The Hall–Kier alpha value is -2.98. The third kappa shape index (κ3) is 6.08. The van der Waals surface area contributed by atoms with Crippen molar-refractivity contribution in [1.29, 1.82) is 0 Å². The fourth-order valence-corrected chi connectivity index (χ4v) is 4.28. The van der Waals surface area contributed by atoms with Crippen LogP contribution in [0.2, 0.25) is 0 Å². The molecule has 0 radical (unpaired) electrons. The molecular weight excluding hydrogens is 461 g/mol. The number of nitrogens with one attached hydrogen (secondary N) is 1. The summed E-state index contributed by atoms with van der Waals surface area (Å²) < 4.78 is 67.2. The maximum Gasteiger partial charge on any atom is 0.433 e. The minimum atomic E-state index is -4.58. The molecule has 174 valence electrons. The first-order chi connectivity index (χ1) is 15.6. The van der Waals surface area contributed by atoms with Crippen molar-refractivity contribution in [3.63, 3.8) is 0 Å². The number of halogens is 5. The van der Waals surface area contributed by atoms with Crippen molar-refractivity contribution >= 4 is 17.5 Å². The minimum Gasteiger partial charge on any atom is -0.395 e. The van der Waals surface area contributed by atoms with E-state index in [2.05, 4.69) is 21.9 Å². The third-order valence-electron chi connectivity index (χ3n) is 4.71. The van der Waals surface area contributed by atoms with Crippen LogP contribution in [0.5, 0.6) is 0 Å². The summed E-state index contributed by atoms with van der Waals surface area (Å²) in [6.07, 6.45) is -2.04. The summed E-state index contributed by atoms with van der Waals surface area (Å²) in [5.74, 6) is -1.31. The van der Waals surface area contributed by atoms with Gasteiger partial charge in [-0.25, -0.2) is 8.78 Å². The molecule has 3 rings (SSSR count). The number of rotatable bonds is 8. The van der Waals surface area contributed by atoms with Gasteiger partial charge in [-0.1, -0.05) is 6.58 Å². The fourth-order valence-electron chi connectivity index (χ4n) is 3.07. The molecule has 1 unspecified atom stereocenters. The largest absolute Gasteiger partial charge is 0.433 e. The molecule has 4 nitrogen and oxygen atoms in total. The molecule has 2 N–H and O–H groups in total. The zero-order chi connectivity index (χ0) is 24.2. The van der Waals surface area contributed by atoms with Gasteiger partial charge in [-0.05, 0) is 54.4 Å². The number of aryl methyl sites for hydroxylation is 1. The molecule has 33 heavy (non-hydrogen) atoms. The maximum absolute atomic E-state index is 14.7. The first kappa shape index (κ1) is 24.7. The standard InChI is InChI=1S/C23H20F5N3OS/c1-13-9-20(14(2)29-7-8-32)30-12-18(13)22(17-10-15(24)3-5-19(17)25)33-16-4-6-21(31-11-16)23(26,27)28/h3-6,9-12,22,29,32H,2,7-8H2,1H3. The Balaban J connectivity index is 2.01. The lowest BCUT2D eigenvalue weighted by Gasteiger charge is -2.21. The number of hydrogen-bond acceptors (Lipinski definition) is 5. The van der Waals surface area contributed by atoms with E-state index < -0.39 is 28.8 Å². The number of hydrogen-bond donors (Lipinski definition) is 2. The number of alkyl halides is 3. The van der Waals surface area contributed by atoms with Gasteiger partial charge in [0, 0.05) is 29.4 Å². The first-order valence-corrected chi connectivity index (χ1v) is 10.6. The quantitative estimate of drug-likeness (QED) is 0.328. The second kappa shape index (κ2) is 10.3. The highest BCUT2D eigenvalue weighted by molar-refractivity contribution is 7.99. The van der Waals surface area contributed by atoms with E-state index in [1.54, 1.807) is 13.0 Å². The van der Waals surface area contributed by atoms with E-state index in [0.29, 0.717) is 27.4 Å². The summed E-state index contributed by atoms with van der Waals surface area (Å²) >= 11 is 1.03. The number of thioether (sulfide) groups is 1. The Morgan fingerprint density at radius 2 is 1.85 bits per heavy atom. The fraction of sp³-hybridized carbons (Fsp3) is 0.217. The van der Waals surface area contributed by atoms with E-state index in [0.717, 1.165) is 42.2 Å². The summed E-state index contributed by atoms with van der Waals surface area (Å²) in [5, 5.41) is 11.1. The van der Waals surface area contributed by atoms with Crippen LogP contribution in [0.3, 0.4) is 0 Å². The van der Waals surface area contributed by atoms with Crippen LogP contribution in [0.15, 0.2) is 60.3 Å². The Labute approximate surface area is 191 Å². The highest BCUT2D eigenvalue weighted by Crippen LogP contribution is 2.43. The Kier molecular flexibility index (Phi) is 7.70. The van der Waals surface area contributed by atoms with Gasteiger partial charge in [0.15, 0.2) is 0 Å². The SMILES string of the molecule is C=C(NCCO)c1cc(C)c(C(Sc2ccc(C(F)(F)F)nc2)c2cc(F)ccc2F)cn1. The van der Waals surface area contributed by atoms with Crippen LogP contribution in [-0.2, 0) is 6.18 Å². The predicted octanol–water partition coefficient (Wildman–Crippen LogP) is 5.52. The summed E-state index contributed by atoms with van der Waals surface area (Å²) in [4.78, 5) is 8.13. The summed E-state index contributed by atoms with van der Waals surface area (Å²) in [5.41, 5.74) is 1.19.